The van der Waals surface area contributed by atoms with Crippen molar-refractivity contribution in [2.45, 2.75) is 232 Å². The Kier molecular flexibility index (Phi) is 42.3. The van der Waals surface area contributed by atoms with Crippen molar-refractivity contribution in [2.75, 3.05) is 47.5 Å². The maximum atomic E-state index is 12.7. The van der Waals surface area contributed by atoms with Crippen LogP contribution >= 0.6 is 0 Å². The number of hydrogen-bond donors (Lipinski definition) is 0. The minimum absolute atomic E-state index is 0.145. The standard InChI is InChI=1S/C52H95NO8/c1-6-8-10-12-14-16-18-20-21-22-23-24-25-26-27-28-29-31-32-34-36-38-40-42-49(54)59-46-48(47-60-52(51(56)57)58-45-44-53(3,4)5)61-50(55)43-41-39-37-35-33-30-19-17-15-13-11-9-7-2/h11,13,17,19,22-23,48,52H,6-10,12,14-16,18,20-21,24-47H2,1-5H3/b13-11-,19-17-,23-22-. The quantitative estimate of drug-likeness (QED) is 0.0196. The number of rotatable bonds is 46. The number of quaternary nitrogens is 1. The number of esters is 2. The second-order valence-electron chi connectivity index (χ2n) is 18.1. The summed E-state index contributed by atoms with van der Waals surface area (Å²) < 4.78 is 22.6. The van der Waals surface area contributed by atoms with Gasteiger partial charge in [-0.25, -0.2) is 0 Å². The fourth-order valence-corrected chi connectivity index (χ4v) is 6.92. The van der Waals surface area contributed by atoms with Gasteiger partial charge in [0.1, 0.15) is 13.2 Å². The van der Waals surface area contributed by atoms with Gasteiger partial charge >= 0.3 is 11.9 Å². The van der Waals surface area contributed by atoms with E-state index in [9.17, 15) is 19.5 Å². The molecule has 61 heavy (non-hydrogen) atoms. The number of carboxylic acids is 1. The van der Waals surface area contributed by atoms with E-state index in [0.29, 0.717) is 17.4 Å². The molecule has 0 aromatic heterocycles. The van der Waals surface area contributed by atoms with Crippen LogP contribution in [0.4, 0.5) is 0 Å². The zero-order chi connectivity index (χ0) is 44.9. The number of allylic oxidation sites excluding steroid dienone is 6. The van der Waals surface area contributed by atoms with Crippen LogP contribution in [0.3, 0.4) is 0 Å². The molecular weight excluding hydrogens is 767 g/mol. The van der Waals surface area contributed by atoms with Gasteiger partial charge in [0.2, 0.25) is 0 Å². The second kappa shape index (κ2) is 44.1. The Hall–Kier alpha value is -2.49. The number of carbonyl (C=O) groups excluding carboxylic acids is 3. The smallest absolute Gasteiger partial charge is 0.306 e. The van der Waals surface area contributed by atoms with Gasteiger partial charge in [-0.2, -0.15) is 0 Å². The summed E-state index contributed by atoms with van der Waals surface area (Å²) in [5.74, 6) is -2.30. The van der Waals surface area contributed by atoms with Crippen LogP contribution in [-0.4, -0.2) is 82.3 Å². The first-order valence-electron chi connectivity index (χ1n) is 25.1. The van der Waals surface area contributed by atoms with Crippen molar-refractivity contribution >= 4 is 17.9 Å². The minimum Gasteiger partial charge on any atom is -0.545 e. The average molecular weight is 862 g/mol. The lowest BCUT2D eigenvalue weighted by Crippen LogP contribution is -2.44. The lowest BCUT2D eigenvalue weighted by molar-refractivity contribution is -0.870. The Morgan fingerprint density at radius 1 is 0.492 bits per heavy atom. The first-order valence-corrected chi connectivity index (χ1v) is 25.1. The molecular formula is C52H95NO8. The van der Waals surface area contributed by atoms with Crippen LogP contribution in [0.1, 0.15) is 219 Å². The largest absolute Gasteiger partial charge is 0.545 e. The van der Waals surface area contributed by atoms with Crippen molar-refractivity contribution in [1.82, 2.24) is 0 Å². The Bertz CT molecular complexity index is 1100. The maximum Gasteiger partial charge on any atom is 0.306 e. The molecule has 0 aromatic rings. The van der Waals surface area contributed by atoms with Crippen molar-refractivity contribution in [3.05, 3.63) is 36.5 Å². The summed E-state index contributed by atoms with van der Waals surface area (Å²) in [4.78, 5) is 37.0. The zero-order valence-electron chi connectivity index (χ0n) is 40.3. The summed E-state index contributed by atoms with van der Waals surface area (Å²) in [5.41, 5.74) is 0. The molecule has 9 nitrogen and oxygen atoms in total. The monoisotopic (exact) mass is 862 g/mol. The third-order valence-electron chi connectivity index (χ3n) is 10.8. The third-order valence-corrected chi connectivity index (χ3v) is 10.8. The third kappa shape index (κ3) is 45.4. The van der Waals surface area contributed by atoms with Crippen LogP contribution in [-0.2, 0) is 33.3 Å². The fraction of sp³-hybridized carbons (Fsp3) is 0.827. The molecule has 0 aliphatic heterocycles. The molecule has 0 N–H and O–H groups in total. The first-order chi connectivity index (χ1) is 29.6. The van der Waals surface area contributed by atoms with Gasteiger partial charge in [-0.3, -0.25) is 9.59 Å². The van der Waals surface area contributed by atoms with Gasteiger partial charge in [0, 0.05) is 12.8 Å². The number of ether oxygens (including phenoxy) is 4. The van der Waals surface area contributed by atoms with Gasteiger partial charge in [0.15, 0.2) is 12.4 Å². The molecule has 0 aromatic carbocycles. The van der Waals surface area contributed by atoms with Crippen molar-refractivity contribution in [2.24, 2.45) is 0 Å². The number of hydrogen-bond acceptors (Lipinski definition) is 8. The van der Waals surface area contributed by atoms with E-state index in [-0.39, 0.29) is 38.6 Å². The highest BCUT2D eigenvalue weighted by atomic mass is 16.7. The van der Waals surface area contributed by atoms with Crippen molar-refractivity contribution in [3.8, 4) is 0 Å². The van der Waals surface area contributed by atoms with E-state index in [1.165, 1.54) is 122 Å². The second-order valence-corrected chi connectivity index (χ2v) is 18.1. The van der Waals surface area contributed by atoms with Gasteiger partial charge < -0.3 is 33.3 Å². The van der Waals surface area contributed by atoms with Crippen LogP contribution in [0.25, 0.3) is 0 Å². The fourth-order valence-electron chi connectivity index (χ4n) is 6.92. The molecule has 0 fully saturated rings. The number of nitrogens with zero attached hydrogens (tertiary/aromatic N) is 1. The molecule has 0 aliphatic rings. The Labute approximate surface area is 375 Å². The number of carbonyl (C=O) groups is 3. The highest BCUT2D eigenvalue weighted by Gasteiger charge is 2.21. The maximum absolute atomic E-state index is 12.7. The van der Waals surface area contributed by atoms with Crippen LogP contribution in [0, 0.1) is 0 Å². The molecule has 0 saturated carbocycles. The lowest BCUT2D eigenvalue weighted by atomic mass is 10.0. The van der Waals surface area contributed by atoms with Crippen molar-refractivity contribution < 1.29 is 42.9 Å². The van der Waals surface area contributed by atoms with E-state index >= 15 is 0 Å². The van der Waals surface area contributed by atoms with Gasteiger partial charge in [0.05, 0.1) is 40.3 Å². The molecule has 2 unspecified atom stereocenters. The van der Waals surface area contributed by atoms with Gasteiger partial charge in [0.25, 0.3) is 0 Å². The highest BCUT2D eigenvalue weighted by Crippen LogP contribution is 2.15. The molecule has 356 valence electrons. The summed E-state index contributed by atoms with van der Waals surface area (Å²) in [6.07, 6.45) is 47.6. The van der Waals surface area contributed by atoms with Gasteiger partial charge in [-0.15, -0.1) is 0 Å². The van der Waals surface area contributed by atoms with Gasteiger partial charge in [-0.05, 0) is 64.2 Å². The predicted octanol–water partition coefficient (Wildman–Crippen LogP) is 12.4. The van der Waals surface area contributed by atoms with Crippen LogP contribution in [0.2, 0.25) is 0 Å². The number of carboxylic acid groups (broad SMARTS) is 1. The molecule has 9 heteroatoms. The summed E-state index contributed by atoms with van der Waals surface area (Å²) in [5, 5.41) is 11.7. The molecule has 2 atom stereocenters. The van der Waals surface area contributed by atoms with E-state index in [2.05, 4.69) is 50.3 Å². The highest BCUT2D eigenvalue weighted by molar-refractivity contribution is 5.70. The summed E-state index contributed by atoms with van der Waals surface area (Å²) >= 11 is 0. The Morgan fingerprint density at radius 2 is 0.918 bits per heavy atom. The zero-order valence-corrected chi connectivity index (χ0v) is 40.3. The molecule has 0 amide bonds. The molecule has 0 heterocycles. The molecule has 0 bridgehead atoms. The van der Waals surface area contributed by atoms with Crippen molar-refractivity contribution in [3.63, 3.8) is 0 Å². The molecule has 0 spiro atoms. The topological polar surface area (TPSA) is 111 Å². The normalized spacial score (nSPS) is 13.1. The first kappa shape index (κ1) is 58.5. The van der Waals surface area contributed by atoms with E-state index in [4.69, 9.17) is 18.9 Å². The van der Waals surface area contributed by atoms with E-state index in [1.54, 1.807) is 0 Å². The van der Waals surface area contributed by atoms with Crippen LogP contribution < -0.4 is 5.11 Å². The summed E-state index contributed by atoms with van der Waals surface area (Å²) in [7, 11) is 5.91. The van der Waals surface area contributed by atoms with E-state index in [0.717, 1.165) is 64.2 Å². The lowest BCUT2D eigenvalue weighted by Gasteiger charge is -2.26. The SMILES string of the molecule is CCC/C=C\C/C=C\CCCCCCCC(=O)OC(COC(=O)CCCCCCCCCCCCC/C=C\CCCCCCCCCC)COC(OCC[N+](C)(C)C)C(=O)[O-]. The average Bonchev–Trinajstić information content (AvgIpc) is 3.22. The number of likely N-dealkylation sites (N-methyl/N-ethyl adjacent to an activating group) is 1. The van der Waals surface area contributed by atoms with Crippen molar-refractivity contribution in [1.29, 1.82) is 0 Å². The minimum atomic E-state index is -1.62. The summed E-state index contributed by atoms with van der Waals surface area (Å²) in [6.45, 7) is 4.67. The Morgan fingerprint density at radius 3 is 1.38 bits per heavy atom. The Balaban J connectivity index is 4.27. The van der Waals surface area contributed by atoms with E-state index < -0.39 is 24.3 Å². The number of aliphatic carboxylic acids is 1. The number of unbranched alkanes of at least 4 members (excludes halogenated alkanes) is 25. The molecule has 0 saturated heterocycles. The predicted molar refractivity (Wildman–Crippen MR) is 251 cm³/mol. The van der Waals surface area contributed by atoms with Crippen LogP contribution in [0.15, 0.2) is 36.5 Å². The van der Waals surface area contributed by atoms with Crippen LogP contribution in [0.5, 0.6) is 0 Å². The summed E-state index contributed by atoms with van der Waals surface area (Å²) in [6, 6.07) is 0. The molecule has 0 radical (unpaired) electrons. The van der Waals surface area contributed by atoms with Gasteiger partial charge in [-0.1, -0.05) is 179 Å². The molecule has 0 aliphatic carbocycles. The molecule has 0 rings (SSSR count). The van der Waals surface area contributed by atoms with E-state index in [1.807, 2.05) is 21.1 Å².